The van der Waals surface area contributed by atoms with Gasteiger partial charge in [0.15, 0.2) is 0 Å². The van der Waals surface area contributed by atoms with Crippen molar-refractivity contribution in [3.05, 3.63) is 83.9 Å². The van der Waals surface area contributed by atoms with Gasteiger partial charge in [-0.3, -0.25) is 14.5 Å². The topological polar surface area (TPSA) is 78.5 Å². The van der Waals surface area contributed by atoms with Gasteiger partial charge in [0.2, 0.25) is 5.91 Å². The zero-order valence-corrected chi connectivity index (χ0v) is 17.4. The van der Waals surface area contributed by atoms with Crippen molar-refractivity contribution in [2.75, 3.05) is 6.54 Å². The number of hydrogen-bond donors (Lipinski definition) is 2. The molecule has 0 radical (unpaired) electrons. The highest BCUT2D eigenvalue weighted by Gasteiger charge is 2.38. The van der Waals surface area contributed by atoms with Crippen molar-refractivity contribution >= 4 is 28.6 Å². The Kier molecular flexibility index (Phi) is 5.98. The average molecular weight is 415 g/mol. The molecule has 2 N–H and O–H groups in total. The minimum absolute atomic E-state index is 0.244. The van der Waals surface area contributed by atoms with Gasteiger partial charge in [0.05, 0.1) is 6.04 Å². The van der Waals surface area contributed by atoms with Gasteiger partial charge >= 0.3 is 6.03 Å². The molecule has 0 aliphatic carbocycles. The third-order valence-electron chi connectivity index (χ3n) is 5.62. The van der Waals surface area contributed by atoms with Gasteiger partial charge in [0.1, 0.15) is 12.6 Å². The summed E-state index contributed by atoms with van der Waals surface area (Å²) in [7, 11) is 0. The third kappa shape index (κ3) is 4.74. The van der Waals surface area contributed by atoms with E-state index in [2.05, 4.69) is 10.6 Å². The van der Waals surface area contributed by atoms with Crippen LogP contribution in [0.5, 0.6) is 0 Å². The lowest BCUT2D eigenvalue weighted by molar-refractivity contribution is -0.132. The minimum atomic E-state index is -0.599. The maximum atomic E-state index is 12.6. The number of urea groups is 1. The first kappa shape index (κ1) is 20.6. The second-order valence-corrected chi connectivity index (χ2v) is 7.85. The monoisotopic (exact) mass is 415 g/mol. The first-order valence-corrected chi connectivity index (χ1v) is 10.4. The van der Waals surface area contributed by atoms with Crippen LogP contribution in [0.1, 0.15) is 30.5 Å². The van der Waals surface area contributed by atoms with Gasteiger partial charge in [-0.1, -0.05) is 66.7 Å². The standard InChI is InChI=1S/C25H25N3O3/c1-17(20-13-12-19-9-5-6-10-21(19)15-20)26-23(29)16-28-24(30)22(27-25(28)31)14-11-18-7-3-2-4-8-18/h2-10,12-13,15,17,22H,11,14,16H2,1H3,(H,26,29)(H,27,31)/t17-,22+/m0/s1. The lowest BCUT2D eigenvalue weighted by Gasteiger charge is -2.18. The molecule has 1 aliphatic heterocycles. The molecule has 1 saturated heterocycles. The third-order valence-corrected chi connectivity index (χ3v) is 5.62. The number of hydrogen-bond acceptors (Lipinski definition) is 3. The second kappa shape index (κ2) is 9.00. The van der Waals surface area contributed by atoms with Crippen molar-refractivity contribution in [1.29, 1.82) is 0 Å². The summed E-state index contributed by atoms with van der Waals surface area (Å²) in [6, 6.07) is 22.5. The van der Waals surface area contributed by atoms with Gasteiger partial charge in [0, 0.05) is 0 Å². The number of nitrogens with one attached hydrogen (secondary N) is 2. The van der Waals surface area contributed by atoms with Gasteiger partial charge < -0.3 is 10.6 Å². The number of amides is 4. The van der Waals surface area contributed by atoms with Crippen molar-refractivity contribution in [3.63, 3.8) is 0 Å². The fourth-order valence-corrected chi connectivity index (χ4v) is 3.87. The van der Waals surface area contributed by atoms with E-state index < -0.39 is 12.1 Å². The van der Waals surface area contributed by atoms with E-state index >= 15 is 0 Å². The van der Waals surface area contributed by atoms with E-state index in [9.17, 15) is 14.4 Å². The van der Waals surface area contributed by atoms with E-state index in [-0.39, 0.29) is 24.4 Å². The predicted molar refractivity (Wildman–Crippen MR) is 119 cm³/mol. The normalized spacial score (nSPS) is 16.9. The molecule has 1 aliphatic rings. The molecule has 1 fully saturated rings. The number of rotatable bonds is 7. The molecular formula is C25H25N3O3. The van der Waals surface area contributed by atoms with Crippen molar-refractivity contribution < 1.29 is 14.4 Å². The van der Waals surface area contributed by atoms with Crippen LogP contribution in [-0.4, -0.2) is 35.3 Å². The number of carbonyl (C=O) groups is 3. The molecule has 0 unspecified atom stereocenters. The van der Waals surface area contributed by atoms with Crippen molar-refractivity contribution in [2.24, 2.45) is 0 Å². The lowest BCUT2D eigenvalue weighted by Crippen LogP contribution is -2.41. The molecule has 0 bridgehead atoms. The highest BCUT2D eigenvalue weighted by atomic mass is 16.2. The molecule has 2 atom stereocenters. The van der Waals surface area contributed by atoms with E-state index in [1.54, 1.807) is 0 Å². The van der Waals surface area contributed by atoms with Gasteiger partial charge in [-0.2, -0.15) is 0 Å². The maximum Gasteiger partial charge on any atom is 0.325 e. The van der Waals surface area contributed by atoms with Gasteiger partial charge in [-0.05, 0) is 47.7 Å². The van der Waals surface area contributed by atoms with Gasteiger partial charge in [-0.25, -0.2) is 4.79 Å². The van der Waals surface area contributed by atoms with Crippen LogP contribution in [0, 0.1) is 0 Å². The molecule has 0 aromatic heterocycles. The van der Waals surface area contributed by atoms with Gasteiger partial charge in [0.25, 0.3) is 5.91 Å². The smallest absolute Gasteiger partial charge is 0.325 e. The highest BCUT2D eigenvalue weighted by Crippen LogP contribution is 2.20. The number of fused-ring (bicyclic) bond motifs is 1. The summed E-state index contributed by atoms with van der Waals surface area (Å²) in [6.07, 6.45) is 1.18. The van der Waals surface area contributed by atoms with E-state index in [0.717, 1.165) is 26.8 Å². The van der Waals surface area contributed by atoms with E-state index in [0.29, 0.717) is 12.8 Å². The Balaban J connectivity index is 1.33. The first-order chi connectivity index (χ1) is 15.0. The molecule has 158 valence electrons. The van der Waals surface area contributed by atoms with Crippen LogP contribution < -0.4 is 10.6 Å². The van der Waals surface area contributed by atoms with Crippen molar-refractivity contribution in [1.82, 2.24) is 15.5 Å². The van der Waals surface area contributed by atoms with Crippen LogP contribution in [0.3, 0.4) is 0 Å². The maximum absolute atomic E-state index is 12.6. The Bertz CT molecular complexity index is 1110. The highest BCUT2D eigenvalue weighted by molar-refractivity contribution is 6.06. The van der Waals surface area contributed by atoms with E-state index in [4.69, 9.17) is 0 Å². The van der Waals surface area contributed by atoms with E-state index in [1.165, 1.54) is 0 Å². The van der Waals surface area contributed by atoms with Crippen LogP contribution in [-0.2, 0) is 16.0 Å². The van der Waals surface area contributed by atoms with Crippen LogP contribution >= 0.6 is 0 Å². The summed E-state index contributed by atoms with van der Waals surface area (Å²) in [6.45, 7) is 1.60. The Morgan fingerprint density at radius 3 is 2.48 bits per heavy atom. The van der Waals surface area contributed by atoms with Crippen molar-refractivity contribution in [2.45, 2.75) is 31.8 Å². The number of aryl methyl sites for hydroxylation is 1. The summed E-state index contributed by atoms with van der Waals surface area (Å²) in [5.41, 5.74) is 2.06. The zero-order chi connectivity index (χ0) is 21.8. The first-order valence-electron chi connectivity index (χ1n) is 10.4. The zero-order valence-electron chi connectivity index (χ0n) is 17.4. The summed E-state index contributed by atoms with van der Waals surface area (Å²) < 4.78 is 0. The van der Waals surface area contributed by atoms with Crippen LogP contribution in [0.15, 0.2) is 72.8 Å². The van der Waals surface area contributed by atoms with Crippen molar-refractivity contribution in [3.8, 4) is 0 Å². The lowest BCUT2D eigenvalue weighted by atomic mass is 10.0. The van der Waals surface area contributed by atoms with E-state index in [1.807, 2.05) is 79.7 Å². The Labute approximate surface area is 181 Å². The molecular weight excluding hydrogens is 390 g/mol. The predicted octanol–water partition coefficient (Wildman–Crippen LogP) is 3.57. The molecule has 6 nitrogen and oxygen atoms in total. The molecule has 0 spiro atoms. The SMILES string of the molecule is C[C@H](NC(=O)CN1C(=O)N[C@H](CCc2ccccc2)C1=O)c1ccc2ccccc2c1. The number of imide groups is 1. The largest absolute Gasteiger partial charge is 0.348 e. The number of carbonyl (C=O) groups excluding carboxylic acids is 3. The molecule has 0 saturated carbocycles. The summed E-state index contributed by atoms with van der Waals surface area (Å²) in [5.74, 6) is -0.720. The Morgan fingerprint density at radius 2 is 1.71 bits per heavy atom. The molecule has 3 aromatic rings. The van der Waals surface area contributed by atoms with Gasteiger partial charge in [-0.15, -0.1) is 0 Å². The Hall–Kier alpha value is -3.67. The number of nitrogens with zero attached hydrogens (tertiary/aromatic N) is 1. The number of benzene rings is 3. The Morgan fingerprint density at radius 1 is 1.00 bits per heavy atom. The summed E-state index contributed by atoms with van der Waals surface area (Å²) >= 11 is 0. The molecule has 6 heteroatoms. The summed E-state index contributed by atoms with van der Waals surface area (Å²) in [5, 5.41) is 7.80. The quantitative estimate of drug-likeness (QED) is 0.579. The average Bonchev–Trinajstić information content (AvgIpc) is 3.05. The molecule has 4 amide bonds. The molecule has 31 heavy (non-hydrogen) atoms. The molecule has 3 aromatic carbocycles. The minimum Gasteiger partial charge on any atom is -0.348 e. The summed E-state index contributed by atoms with van der Waals surface area (Å²) in [4.78, 5) is 38.4. The fourth-order valence-electron chi connectivity index (χ4n) is 3.87. The van der Waals surface area contributed by atoms with Crippen LogP contribution in [0.2, 0.25) is 0 Å². The second-order valence-electron chi connectivity index (χ2n) is 7.85. The molecule has 4 rings (SSSR count). The van der Waals surface area contributed by atoms with Crippen LogP contribution in [0.25, 0.3) is 10.8 Å². The molecule has 1 heterocycles. The fraction of sp³-hybridized carbons (Fsp3) is 0.240. The van der Waals surface area contributed by atoms with Crippen LogP contribution in [0.4, 0.5) is 4.79 Å².